The van der Waals surface area contributed by atoms with Gasteiger partial charge in [0.2, 0.25) is 5.91 Å². The van der Waals surface area contributed by atoms with Crippen LogP contribution in [0, 0.1) is 11.8 Å². The lowest BCUT2D eigenvalue weighted by molar-refractivity contribution is -0.126. The molecule has 1 amide bonds. The summed E-state index contributed by atoms with van der Waals surface area (Å²) in [5, 5.41) is 14.1. The maximum Gasteiger partial charge on any atom is 0.224 e. The van der Waals surface area contributed by atoms with Crippen LogP contribution in [0.3, 0.4) is 0 Å². The third-order valence-electron chi connectivity index (χ3n) is 3.43. The Hall–Kier alpha value is -1.43. The van der Waals surface area contributed by atoms with Crippen LogP contribution in [0.1, 0.15) is 32.1 Å². The van der Waals surface area contributed by atoms with Gasteiger partial charge >= 0.3 is 0 Å². The molecule has 1 aliphatic heterocycles. The van der Waals surface area contributed by atoms with Crippen LogP contribution in [0.4, 0.5) is 0 Å². The first-order valence-electron chi connectivity index (χ1n) is 6.43. The van der Waals surface area contributed by atoms with E-state index in [1.807, 2.05) is 18.5 Å². The Morgan fingerprint density at radius 2 is 2.39 bits per heavy atom. The topological polar surface area (TPSA) is 71.8 Å². The Bertz CT molecular complexity index is 416. The number of amides is 1. The van der Waals surface area contributed by atoms with E-state index >= 15 is 0 Å². The molecule has 0 bridgehead atoms. The molecule has 3 unspecified atom stereocenters. The molecule has 6 nitrogen and oxygen atoms in total. The van der Waals surface area contributed by atoms with E-state index in [-0.39, 0.29) is 17.9 Å². The van der Waals surface area contributed by atoms with Crippen LogP contribution in [0.2, 0.25) is 0 Å². The van der Waals surface area contributed by atoms with Crippen LogP contribution in [0.5, 0.6) is 0 Å². The van der Waals surface area contributed by atoms with Crippen molar-refractivity contribution < 1.29 is 4.79 Å². The predicted molar refractivity (Wildman–Crippen MR) is 67.7 cm³/mol. The highest BCUT2D eigenvalue weighted by Crippen LogP contribution is 2.17. The third-order valence-corrected chi connectivity index (χ3v) is 3.43. The van der Waals surface area contributed by atoms with E-state index in [1.165, 1.54) is 0 Å². The number of nitrogens with one attached hydrogen (secondary N) is 2. The molecule has 1 saturated heterocycles. The van der Waals surface area contributed by atoms with Gasteiger partial charge in [0, 0.05) is 13.6 Å². The predicted octanol–water partition coefficient (Wildman–Crippen LogP) is 0.238. The average Bonchev–Trinajstić information content (AvgIpc) is 2.75. The zero-order chi connectivity index (χ0) is 13.1. The zero-order valence-electron chi connectivity index (χ0n) is 11.2. The van der Waals surface area contributed by atoms with Gasteiger partial charge in [0.1, 0.15) is 6.33 Å². The van der Waals surface area contributed by atoms with Gasteiger partial charge < -0.3 is 15.2 Å². The van der Waals surface area contributed by atoms with Crippen molar-refractivity contribution in [2.45, 2.75) is 26.3 Å². The molecule has 2 N–H and O–H groups in total. The number of piperidine rings is 1. The summed E-state index contributed by atoms with van der Waals surface area (Å²) in [6, 6.07) is -0.109. The molecule has 1 fully saturated rings. The smallest absolute Gasteiger partial charge is 0.224 e. The van der Waals surface area contributed by atoms with Crippen molar-refractivity contribution >= 4 is 5.91 Å². The van der Waals surface area contributed by atoms with Gasteiger partial charge in [-0.05, 0) is 25.8 Å². The molecule has 0 aliphatic carbocycles. The quantitative estimate of drug-likeness (QED) is 0.807. The lowest BCUT2D eigenvalue weighted by Crippen LogP contribution is -2.44. The Kier molecular flexibility index (Phi) is 3.96. The van der Waals surface area contributed by atoms with Crippen LogP contribution in [0.15, 0.2) is 6.33 Å². The second kappa shape index (κ2) is 5.48. The van der Waals surface area contributed by atoms with Crippen LogP contribution >= 0.6 is 0 Å². The van der Waals surface area contributed by atoms with Crippen LogP contribution < -0.4 is 10.6 Å². The Labute approximate surface area is 107 Å². The van der Waals surface area contributed by atoms with E-state index in [0.717, 1.165) is 25.3 Å². The molecule has 1 aliphatic rings. The minimum atomic E-state index is -0.109. The van der Waals surface area contributed by atoms with E-state index in [9.17, 15) is 4.79 Å². The van der Waals surface area contributed by atoms with Gasteiger partial charge in [-0.2, -0.15) is 0 Å². The molecule has 0 spiro atoms. The van der Waals surface area contributed by atoms with Crippen molar-refractivity contribution in [2.75, 3.05) is 13.1 Å². The molecule has 0 radical (unpaired) electrons. The van der Waals surface area contributed by atoms with Gasteiger partial charge in [-0.3, -0.25) is 4.79 Å². The summed E-state index contributed by atoms with van der Waals surface area (Å²) < 4.78 is 1.83. The van der Waals surface area contributed by atoms with Crippen LogP contribution in [-0.4, -0.2) is 33.8 Å². The highest BCUT2D eigenvalue weighted by atomic mass is 16.2. The van der Waals surface area contributed by atoms with Gasteiger partial charge in [0.25, 0.3) is 0 Å². The van der Waals surface area contributed by atoms with Crippen molar-refractivity contribution in [3.05, 3.63) is 12.2 Å². The summed E-state index contributed by atoms with van der Waals surface area (Å²) in [4.78, 5) is 12.2. The lowest BCUT2D eigenvalue weighted by Gasteiger charge is -2.27. The van der Waals surface area contributed by atoms with Crippen LogP contribution in [0.25, 0.3) is 0 Å². The number of carbonyl (C=O) groups excluding carboxylic acids is 1. The summed E-state index contributed by atoms with van der Waals surface area (Å²) in [6.07, 6.45) is 2.59. The second-order valence-electron chi connectivity index (χ2n) is 5.23. The maximum absolute atomic E-state index is 12.2. The number of nitrogens with zero attached hydrogens (tertiary/aromatic N) is 3. The lowest BCUT2D eigenvalue weighted by atomic mass is 9.91. The van der Waals surface area contributed by atoms with Crippen molar-refractivity contribution in [3.63, 3.8) is 0 Å². The van der Waals surface area contributed by atoms with Crippen molar-refractivity contribution in [1.29, 1.82) is 0 Å². The minimum absolute atomic E-state index is 0.0597. The van der Waals surface area contributed by atoms with E-state index < -0.39 is 0 Å². The fourth-order valence-electron chi connectivity index (χ4n) is 2.44. The summed E-state index contributed by atoms with van der Waals surface area (Å²) in [7, 11) is 1.88. The molecule has 2 rings (SSSR count). The number of hydrogen-bond acceptors (Lipinski definition) is 4. The van der Waals surface area contributed by atoms with Crippen molar-refractivity contribution in [2.24, 2.45) is 18.9 Å². The number of carbonyl (C=O) groups is 1. The van der Waals surface area contributed by atoms with E-state index in [1.54, 1.807) is 6.33 Å². The highest BCUT2D eigenvalue weighted by Gasteiger charge is 2.26. The summed E-state index contributed by atoms with van der Waals surface area (Å²) in [5.74, 6) is 1.49. The first-order chi connectivity index (χ1) is 8.58. The van der Waals surface area contributed by atoms with E-state index in [2.05, 4.69) is 27.8 Å². The fraction of sp³-hybridized carbons (Fsp3) is 0.750. The first-order valence-corrected chi connectivity index (χ1v) is 6.43. The molecule has 6 heteroatoms. The molecule has 0 saturated carbocycles. The number of aromatic nitrogens is 3. The number of hydrogen-bond donors (Lipinski definition) is 2. The van der Waals surface area contributed by atoms with E-state index in [4.69, 9.17) is 0 Å². The molecule has 1 aromatic heterocycles. The summed E-state index contributed by atoms with van der Waals surface area (Å²) in [6.45, 7) is 5.87. The Morgan fingerprint density at radius 3 is 3.00 bits per heavy atom. The van der Waals surface area contributed by atoms with Gasteiger partial charge in [-0.15, -0.1) is 10.2 Å². The van der Waals surface area contributed by atoms with Gasteiger partial charge in [-0.1, -0.05) is 6.92 Å². The summed E-state index contributed by atoms with van der Waals surface area (Å²) >= 11 is 0. The molecular formula is C12H21N5O. The molecule has 3 atom stereocenters. The third kappa shape index (κ3) is 2.87. The average molecular weight is 251 g/mol. The molecule has 100 valence electrons. The van der Waals surface area contributed by atoms with Crippen LogP contribution in [-0.2, 0) is 11.8 Å². The van der Waals surface area contributed by atoms with Crippen molar-refractivity contribution in [1.82, 2.24) is 25.4 Å². The largest absolute Gasteiger partial charge is 0.346 e. The fourth-order valence-corrected chi connectivity index (χ4v) is 2.44. The second-order valence-corrected chi connectivity index (χ2v) is 5.23. The normalized spacial score (nSPS) is 25.7. The standard InChI is InChI=1S/C12H21N5O/c1-8-4-10(6-13-5-8)12(18)15-9(2)11-16-14-7-17(11)3/h7-10,13H,4-6H2,1-3H3,(H,15,18). The van der Waals surface area contributed by atoms with Gasteiger partial charge in [-0.25, -0.2) is 0 Å². The number of aryl methyl sites for hydroxylation is 1. The Morgan fingerprint density at radius 1 is 1.61 bits per heavy atom. The summed E-state index contributed by atoms with van der Waals surface area (Å²) in [5.41, 5.74) is 0. The molecular weight excluding hydrogens is 230 g/mol. The molecule has 18 heavy (non-hydrogen) atoms. The van der Waals surface area contributed by atoms with Gasteiger partial charge in [0.05, 0.1) is 12.0 Å². The number of rotatable bonds is 3. The monoisotopic (exact) mass is 251 g/mol. The molecule has 2 heterocycles. The molecule has 0 aromatic carbocycles. The SMILES string of the molecule is CC1CNCC(C(=O)NC(C)c2nncn2C)C1. The van der Waals surface area contributed by atoms with Gasteiger partial charge in [0.15, 0.2) is 5.82 Å². The minimum Gasteiger partial charge on any atom is -0.346 e. The van der Waals surface area contributed by atoms with Crippen molar-refractivity contribution in [3.8, 4) is 0 Å². The highest BCUT2D eigenvalue weighted by molar-refractivity contribution is 5.79. The van der Waals surface area contributed by atoms with E-state index in [0.29, 0.717) is 5.92 Å². The Balaban J connectivity index is 1.93. The zero-order valence-corrected chi connectivity index (χ0v) is 11.2. The maximum atomic E-state index is 12.2. The molecule has 1 aromatic rings. The first kappa shape index (κ1) is 13.0.